The Bertz CT molecular complexity index is 283. The van der Waals surface area contributed by atoms with Crippen molar-refractivity contribution in [2.24, 2.45) is 0 Å². The van der Waals surface area contributed by atoms with E-state index >= 15 is 0 Å². The molecule has 1 aromatic rings. The van der Waals surface area contributed by atoms with E-state index in [9.17, 15) is 0 Å². The normalized spacial score (nSPS) is 11.1. The molecule has 0 amide bonds. The van der Waals surface area contributed by atoms with E-state index in [0.29, 0.717) is 6.04 Å². The molecule has 0 saturated carbocycles. The van der Waals surface area contributed by atoms with Gasteiger partial charge in [0.05, 0.1) is 0 Å². The molecule has 0 aliphatic rings. The van der Waals surface area contributed by atoms with Crippen molar-refractivity contribution >= 4 is 6.08 Å². The second kappa shape index (κ2) is 5.48. The molecule has 1 aromatic carbocycles. The standard InChI is InChI=1S/C13H19N/c1-4-12-5-7-13(8-6-12)9-10-14-11(2)3/h5-11,14H,4H2,1-3H3/b10-9+. The van der Waals surface area contributed by atoms with Gasteiger partial charge in [0.25, 0.3) is 0 Å². The highest BCUT2D eigenvalue weighted by Gasteiger charge is 1.89. The van der Waals surface area contributed by atoms with Gasteiger partial charge in [-0.2, -0.15) is 0 Å². The monoisotopic (exact) mass is 189 g/mol. The van der Waals surface area contributed by atoms with Crippen LogP contribution in [-0.4, -0.2) is 6.04 Å². The van der Waals surface area contributed by atoms with Crippen LogP contribution in [0.25, 0.3) is 6.08 Å². The summed E-state index contributed by atoms with van der Waals surface area (Å²) in [5.41, 5.74) is 2.63. The molecule has 0 spiro atoms. The number of rotatable bonds is 4. The summed E-state index contributed by atoms with van der Waals surface area (Å²) in [4.78, 5) is 0. The minimum Gasteiger partial charge on any atom is -0.389 e. The van der Waals surface area contributed by atoms with E-state index in [1.165, 1.54) is 11.1 Å². The number of aryl methyl sites for hydroxylation is 1. The van der Waals surface area contributed by atoms with Gasteiger partial charge in [0.15, 0.2) is 0 Å². The van der Waals surface area contributed by atoms with Gasteiger partial charge in [-0.3, -0.25) is 0 Å². The molecule has 1 heteroatoms. The van der Waals surface area contributed by atoms with Crippen LogP contribution in [0.15, 0.2) is 30.5 Å². The average molecular weight is 189 g/mol. The summed E-state index contributed by atoms with van der Waals surface area (Å²) in [5, 5.41) is 3.24. The lowest BCUT2D eigenvalue weighted by molar-refractivity contribution is 0.705. The van der Waals surface area contributed by atoms with Crippen molar-refractivity contribution < 1.29 is 0 Å². The van der Waals surface area contributed by atoms with Gasteiger partial charge in [0.2, 0.25) is 0 Å². The van der Waals surface area contributed by atoms with Crippen LogP contribution >= 0.6 is 0 Å². The van der Waals surface area contributed by atoms with Gasteiger partial charge in [-0.05, 0) is 43.7 Å². The Morgan fingerprint density at radius 2 is 1.86 bits per heavy atom. The van der Waals surface area contributed by atoms with Crippen LogP contribution in [0.1, 0.15) is 31.9 Å². The summed E-state index contributed by atoms with van der Waals surface area (Å²) in [6, 6.07) is 9.15. The predicted octanol–water partition coefficient (Wildman–Crippen LogP) is 3.22. The topological polar surface area (TPSA) is 12.0 Å². The maximum absolute atomic E-state index is 3.24. The molecule has 76 valence electrons. The summed E-state index contributed by atoms with van der Waals surface area (Å²) in [6.45, 7) is 6.43. The Hall–Kier alpha value is -1.24. The van der Waals surface area contributed by atoms with Crippen LogP contribution in [0.5, 0.6) is 0 Å². The lowest BCUT2D eigenvalue weighted by Gasteiger charge is -2.02. The fourth-order valence-electron chi connectivity index (χ4n) is 1.20. The van der Waals surface area contributed by atoms with Crippen LogP contribution in [0.2, 0.25) is 0 Å². The predicted molar refractivity (Wildman–Crippen MR) is 63.1 cm³/mol. The van der Waals surface area contributed by atoms with Crippen molar-refractivity contribution in [2.75, 3.05) is 0 Å². The first-order valence-electron chi connectivity index (χ1n) is 5.24. The molecule has 0 aromatic heterocycles. The smallest absolute Gasteiger partial charge is 0.0199 e. The quantitative estimate of drug-likeness (QED) is 0.767. The zero-order valence-electron chi connectivity index (χ0n) is 9.25. The molecule has 1 N–H and O–H groups in total. The summed E-state index contributed by atoms with van der Waals surface area (Å²) in [7, 11) is 0. The average Bonchev–Trinajstić information content (AvgIpc) is 2.18. The molecule has 0 aliphatic carbocycles. The van der Waals surface area contributed by atoms with E-state index in [4.69, 9.17) is 0 Å². The van der Waals surface area contributed by atoms with Crippen LogP contribution in [0.3, 0.4) is 0 Å². The van der Waals surface area contributed by atoms with Crippen molar-refractivity contribution in [1.29, 1.82) is 0 Å². The Balaban J connectivity index is 2.55. The van der Waals surface area contributed by atoms with Gasteiger partial charge in [0.1, 0.15) is 0 Å². The second-order valence-corrected chi connectivity index (χ2v) is 3.75. The van der Waals surface area contributed by atoms with Crippen LogP contribution < -0.4 is 5.32 Å². The third kappa shape index (κ3) is 3.65. The lowest BCUT2D eigenvalue weighted by Crippen LogP contribution is -2.14. The van der Waals surface area contributed by atoms with E-state index < -0.39 is 0 Å². The van der Waals surface area contributed by atoms with Crippen molar-refractivity contribution in [3.63, 3.8) is 0 Å². The molecule has 0 aliphatic heterocycles. The first kappa shape index (κ1) is 10.8. The molecule has 1 nitrogen and oxygen atoms in total. The van der Waals surface area contributed by atoms with E-state index in [0.717, 1.165) is 6.42 Å². The molecule has 0 atom stereocenters. The van der Waals surface area contributed by atoms with E-state index in [2.05, 4.69) is 56.4 Å². The fraction of sp³-hybridized carbons (Fsp3) is 0.385. The van der Waals surface area contributed by atoms with Gasteiger partial charge < -0.3 is 5.32 Å². The van der Waals surface area contributed by atoms with Crippen molar-refractivity contribution in [1.82, 2.24) is 5.32 Å². The highest BCUT2D eigenvalue weighted by atomic mass is 14.9. The third-order valence-electron chi connectivity index (χ3n) is 2.09. The van der Waals surface area contributed by atoms with Crippen molar-refractivity contribution in [2.45, 2.75) is 33.2 Å². The van der Waals surface area contributed by atoms with Crippen LogP contribution in [-0.2, 0) is 6.42 Å². The fourth-order valence-corrected chi connectivity index (χ4v) is 1.20. The number of nitrogens with one attached hydrogen (secondary N) is 1. The number of hydrogen-bond donors (Lipinski definition) is 1. The van der Waals surface area contributed by atoms with Crippen molar-refractivity contribution in [3.05, 3.63) is 41.6 Å². The van der Waals surface area contributed by atoms with E-state index in [1.54, 1.807) is 0 Å². The molecule has 1 rings (SSSR count). The minimum absolute atomic E-state index is 0.501. The van der Waals surface area contributed by atoms with E-state index in [1.807, 2.05) is 6.20 Å². The van der Waals surface area contributed by atoms with Gasteiger partial charge in [-0.25, -0.2) is 0 Å². The molecular weight excluding hydrogens is 170 g/mol. The molecular formula is C13H19N. The lowest BCUT2D eigenvalue weighted by atomic mass is 10.1. The maximum Gasteiger partial charge on any atom is 0.0199 e. The highest BCUT2D eigenvalue weighted by Crippen LogP contribution is 2.06. The molecule has 0 bridgehead atoms. The Morgan fingerprint density at radius 1 is 1.21 bits per heavy atom. The van der Waals surface area contributed by atoms with Gasteiger partial charge in [-0.15, -0.1) is 0 Å². The molecule has 0 saturated heterocycles. The first-order valence-corrected chi connectivity index (χ1v) is 5.24. The van der Waals surface area contributed by atoms with Gasteiger partial charge >= 0.3 is 0 Å². The van der Waals surface area contributed by atoms with Gasteiger partial charge in [0, 0.05) is 6.04 Å². The molecule has 0 fully saturated rings. The summed E-state index contributed by atoms with van der Waals surface area (Å²) < 4.78 is 0. The minimum atomic E-state index is 0.501. The summed E-state index contributed by atoms with van der Waals surface area (Å²) in [5.74, 6) is 0. The number of benzene rings is 1. The molecule has 0 unspecified atom stereocenters. The first-order chi connectivity index (χ1) is 6.72. The van der Waals surface area contributed by atoms with E-state index in [-0.39, 0.29) is 0 Å². The number of hydrogen-bond acceptors (Lipinski definition) is 1. The zero-order valence-corrected chi connectivity index (χ0v) is 9.25. The molecule has 0 heterocycles. The summed E-state index contributed by atoms with van der Waals surface area (Å²) >= 11 is 0. The highest BCUT2D eigenvalue weighted by molar-refractivity contribution is 5.49. The molecule has 0 radical (unpaired) electrons. The largest absolute Gasteiger partial charge is 0.389 e. The van der Waals surface area contributed by atoms with Crippen LogP contribution in [0, 0.1) is 0 Å². The van der Waals surface area contributed by atoms with Gasteiger partial charge in [-0.1, -0.05) is 31.2 Å². The third-order valence-corrected chi connectivity index (χ3v) is 2.09. The Morgan fingerprint density at radius 3 is 2.36 bits per heavy atom. The maximum atomic E-state index is 3.24. The Kier molecular flexibility index (Phi) is 4.24. The second-order valence-electron chi connectivity index (χ2n) is 3.75. The molecule has 14 heavy (non-hydrogen) atoms. The SMILES string of the molecule is CCc1ccc(/C=C/NC(C)C)cc1. The Labute approximate surface area is 86.8 Å². The zero-order chi connectivity index (χ0) is 10.4. The van der Waals surface area contributed by atoms with Crippen molar-refractivity contribution in [3.8, 4) is 0 Å². The summed E-state index contributed by atoms with van der Waals surface area (Å²) in [6.07, 6.45) is 5.21. The van der Waals surface area contributed by atoms with Crippen LogP contribution in [0.4, 0.5) is 0 Å².